The first-order valence-electron chi connectivity index (χ1n) is 8.67. The summed E-state index contributed by atoms with van der Waals surface area (Å²) in [7, 11) is 0. The SMILES string of the molecule is Cl.O=C(CCC1CCNC1)N1CCN(C(=O)c2ccc(Br)cc2)CC1. The van der Waals surface area contributed by atoms with E-state index in [2.05, 4.69) is 21.2 Å². The zero-order valence-electron chi connectivity index (χ0n) is 14.2. The molecule has 0 spiro atoms. The molecule has 3 rings (SSSR count). The van der Waals surface area contributed by atoms with Crippen molar-refractivity contribution in [2.75, 3.05) is 39.3 Å². The molecule has 0 radical (unpaired) electrons. The van der Waals surface area contributed by atoms with Crippen molar-refractivity contribution < 1.29 is 9.59 Å². The summed E-state index contributed by atoms with van der Waals surface area (Å²) in [5.41, 5.74) is 0.701. The predicted molar refractivity (Wildman–Crippen MR) is 104 cm³/mol. The minimum Gasteiger partial charge on any atom is -0.339 e. The molecule has 0 bridgehead atoms. The lowest BCUT2D eigenvalue weighted by Crippen LogP contribution is -2.50. The number of carbonyl (C=O) groups excluding carboxylic acids is 2. The Kier molecular flexibility index (Phi) is 7.72. The van der Waals surface area contributed by atoms with Gasteiger partial charge in [-0.2, -0.15) is 0 Å². The van der Waals surface area contributed by atoms with Gasteiger partial charge in [0, 0.05) is 42.6 Å². The van der Waals surface area contributed by atoms with E-state index in [1.165, 1.54) is 6.42 Å². The summed E-state index contributed by atoms with van der Waals surface area (Å²) in [4.78, 5) is 28.6. The van der Waals surface area contributed by atoms with Crippen molar-refractivity contribution in [3.05, 3.63) is 34.3 Å². The molecule has 0 saturated carbocycles. The molecule has 1 N–H and O–H groups in total. The molecule has 0 aliphatic carbocycles. The summed E-state index contributed by atoms with van der Waals surface area (Å²) < 4.78 is 0.965. The average molecular weight is 431 g/mol. The Balaban J connectivity index is 0.00000225. The van der Waals surface area contributed by atoms with Crippen LogP contribution in [0.5, 0.6) is 0 Å². The second-order valence-electron chi connectivity index (χ2n) is 6.58. The van der Waals surface area contributed by atoms with Crippen molar-refractivity contribution >= 4 is 40.2 Å². The van der Waals surface area contributed by atoms with Gasteiger partial charge in [-0.1, -0.05) is 15.9 Å². The van der Waals surface area contributed by atoms with E-state index in [0.29, 0.717) is 44.1 Å². The maximum absolute atomic E-state index is 12.5. The first-order valence-corrected chi connectivity index (χ1v) is 9.46. The summed E-state index contributed by atoms with van der Waals surface area (Å²) in [5.74, 6) is 0.929. The summed E-state index contributed by atoms with van der Waals surface area (Å²) in [6.45, 7) is 4.64. The van der Waals surface area contributed by atoms with E-state index in [1.54, 1.807) is 0 Å². The summed E-state index contributed by atoms with van der Waals surface area (Å²) >= 11 is 3.38. The highest BCUT2D eigenvalue weighted by molar-refractivity contribution is 9.10. The topological polar surface area (TPSA) is 52.7 Å². The van der Waals surface area contributed by atoms with Crippen molar-refractivity contribution in [2.45, 2.75) is 19.3 Å². The number of halogens is 2. The molecule has 25 heavy (non-hydrogen) atoms. The summed E-state index contributed by atoms with van der Waals surface area (Å²) in [6.07, 6.45) is 2.79. The molecule has 1 aromatic rings. The second-order valence-corrected chi connectivity index (χ2v) is 7.49. The van der Waals surface area contributed by atoms with Gasteiger partial charge in [-0.25, -0.2) is 0 Å². The normalized spacial score (nSPS) is 20.3. The van der Waals surface area contributed by atoms with Gasteiger partial charge in [0.1, 0.15) is 0 Å². The average Bonchev–Trinajstić information content (AvgIpc) is 3.13. The van der Waals surface area contributed by atoms with Gasteiger partial charge in [0.2, 0.25) is 5.91 Å². The molecule has 1 aromatic carbocycles. The molecule has 2 heterocycles. The van der Waals surface area contributed by atoms with Crippen LogP contribution in [0.1, 0.15) is 29.6 Å². The van der Waals surface area contributed by atoms with E-state index >= 15 is 0 Å². The van der Waals surface area contributed by atoms with Crippen molar-refractivity contribution in [1.29, 1.82) is 0 Å². The van der Waals surface area contributed by atoms with Crippen molar-refractivity contribution in [2.24, 2.45) is 5.92 Å². The van der Waals surface area contributed by atoms with E-state index in [-0.39, 0.29) is 24.2 Å². The summed E-state index contributed by atoms with van der Waals surface area (Å²) in [5, 5.41) is 3.34. The summed E-state index contributed by atoms with van der Waals surface area (Å²) in [6, 6.07) is 7.43. The highest BCUT2D eigenvalue weighted by Crippen LogP contribution is 2.17. The maximum atomic E-state index is 12.5. The van der Waals surface area contributed by atoms with Crippen LogP contribution >= 0.6 is 28.3 Å². The zero-order valence-corrected chi connectivity index (χ0v) is 16.7. The van der Waals surface area contributed by atoms with Crippen LogP contribution in [0.25, 0.3) is 0 Å². The fourth-order valence-corrected chi connectivity index (χ4v) is 3.64. The van der Waals surface area contributed by atoms with E-state index in [9.17, 15) is 9.59 Å². The molecular weight excluding hydrogens is 406 g/mol. The highest BCUT2D eigenvalue weighted by Gasteiger charge is 2.25. The third kappa shape index (κ3) is 5.43. The standard InChI is InChI=1S/C18H24BrN3O2.ClH/c19-16-4-2-15(3-5-16)18(24)22-11-9-21(10-12-22)17(23)6-1-14-7-8-20-13-14;/h2-5,14,20H,1,6-13H2;1H. The Morgan fingerprint density at radius 1 is 1.08 bits per heavy atom. The first kappa shape index (κ1) is 20.2. The highest BCUT2D eigenvalue weighted by atomic mass is 79.9. The lowest BCUT2D eigenvalue weighted by atomic mass is 10.0. The van der Waals surface area contributed by atoms with Crippen molar-refractivity contribution in [3.8, 4) is 0 Å². The van der Waals surface area contributed by atoms with Crippen LogP contribution < -0.4 is 5.32 Å². The number of hydrogen-bond acceptors (Lipinski definition) is 3. The second kappa shape index (κ2) is 9.55. The molecule has 0 aromatic heterocycles. The third-order valence-electron chi connectivity index (χ3n) is 4.94. The van der Waals surface area contributed by atoms with Crippen LogP contribution in [-0.2, 0) is 4.79 Å². The number of carbonyl (C=O) groups is 2. The lowest BCUT2D eigenvalue weighted by molar-refractivity contribution is -0.132. The van der Waals surface area contributed by atoms with Crippen LogP contribution in [0.15, 0.2) is 28.7 Å². The molecule has 2 fully saturated rings. The van der Waals surface area contributed by atoms with Gasteiger partial charge in [0.05, 0.1) is 0 Å². The Morgan fingerprint density at radius 2 is 1.72 bits per heavy atom. The number of nitrogens with zero attached hydrogens (tertiary/aromatic N) is 2. The minimum atomic E-state index is 0. The molecule has 2 aliphatic heterocycles. The van der Waals surface area contributed by atoms with E-state index in [4.69, 9.17) is 0 Å². The van der Waals surface area contributed by atoms with Gasteiger partial charge < -0.3 is 15.1 Å². The Bertz CT molecular complexity index is 582. The molecule has 5 nitrogen and oxygen atoms in total. The van der Waals surface area contributed by atoms with Gasteiger partial charge in [-0.15, -0.1) is 12.4 Å². The molecule has 1 unspecified atom stereocenters. The molecule has 1 atom stereocenters. The van der Waals surface area contributed by atoms with Crippen LogP contribution in [0, 0.1) is 5.92 Å². The molecular formula is C18H25BrClN3O2. The Labute approximate surface area is 163 Å². The number of amides is 2. The van der Waals surface area contributed by atoms with E-state index < -0.39 is 0 Å². The maximum Gasteiger partial charge on any atom is 0.253 e. The monoisotopic (exact) mass is 429 g/mol. The lowest BCUT2D eigenvalue weighted by Gasteiger charge is -2.35. The van der Waals surface area contributed by atoms with E-state index in [0.717, 1.165) is 24.0 Å². The minimum absolute atomic E-state index is 0. The fraction of sp³-hybridized carbons (Fsp3) is 0.556. The van der Waals surface area contributed by atoms with Crippen LogP contribution in [0.4, 0.5) is 0 Å². The zero-order chi connectivity index (χ0) is 16.9. The number of piperazine rings is 1. The smallest absolute Gasteiger partial charge is 0.253 e. The van der Waals surface area contributed by atoms with E-state index in [1.807, 2.05) is 34.1 Å². The fourth-order valence-electron chi connectivity index (χ4n) is 3.38. The number of benzene rings is 1. The van der Waals surface area contributed by atoms with Gasteiger partial charge in [-0.3, -0.25) is 9.59 Å². The number of rotatable bonds is 4. The molecule has 138 valence electrons. The van der Waals surface area contributed by atoms with Crippen LogP contribution in [0.2, 0.25) is 0 Å². The molecule has 2 aliphatic rings. The Morgan fingerprint density at radius 3 is 2.32 bits per heavy atom. The van der Waals surface area contributed by atoms with Crippen molar-refractivity contribution in [3.63, 3.8) is 0 Å². The van der Waals surface area contributed by atoms with Crippen LogP contribution in [-0.4, -0.2) is 60.9 Å². The molecule has 2 amide bonds. The first-order chi connectivity index (χ1) is 11.6. The Hall–Kier alpha value is -1.11. The quantitative estimate of drug-likeness (QED) is 0.799. The van der Waals surface area contributed by atoms with Crippen LogP contribution in [0.3, 0.4) is 0 Å². The molecule has 7 heteroatoms. The van der Waals surface area contributed by atoms with Gasteiger partial charge in [0.25, 0.3) is 5.91 Å². The predicted octanol–water partition coefficient (Wildman–Crippen LogP) is 2.55. The number of hydrogen-bond donors (Lipinski definition) is 1. The van der Waals surface area contributed by atoms with Crippen molar-refractivity contribution in [1.82, 2.24) is 15.1 Å². The molecule has 2 saturated heterocycles. The third-order valence-corrected chi connectivity index (χ3v) is 5.47. The van der Waals surface area contributed by atoms with Gasteiger partial charge in [0.15, 0.2) is 0 Å². The van der Waals surface area contributed by atoms with Gasteiger partial charge in [-0.05, 0) is 56.1 Å². The largest absolute Gasteiger partial charge is 0.339 e. The van der Waals surface area contributed by atoms with Gasteiger partial charge >= 0.3 is 0 Å². The number of nitrogens with one attached hydrogen (secondary N) is 1.